The number of aromatic nitrogens is 3. The number of nitrogens with zero attached hydrogens (tertiary/aromatic N) is 5. The minimum absolute atomic E-state index is 0.589. The highest BCUT2D eigenvalue weighted by atomic mass is 15.0. The lowest BCUT2D eigenvalue weighted by Crippen LogP contribution is -2.00. The molecule has 0 saturated carbocycles. The second-order valence-corrected chi connectivity index (χ2v) is 14.0. The monoisotopic (exact) mass is 699 g/mol. The van der Waals surface area contributed by atoms with E-state index in [1.54, 1.807) is 0 Å². The molecule has 0 aliphatic rings. The van der Waals surface area contributed by atoms with Gasteiger partial charge in [-0.15, -0.1) is 0 Å². The molecule has 3 aromatic heterocycles. The molecule has 5 heteroatoms. The number of rotatable bonds is 4. The Morgan fingerprint density at radius 1 is 0.345 bits per heavy atom. The van der Waals surface area contributed by atoms with Crippen molar-refractivity contribution in [2.24, 2.45) is 0 Å². The van der Waals surface area contributed by atoms with E-state index < -0.39 is 0 Å². The van der Waals surface area contributed by atoms with Crippen LogP contribution in [0.4, 0.5) is 0 Å². The van der Waals surface area contributed by atoms with E-state index in [-0.39, 0.29) is 0 Å². The first kappa shape index (κ1) is 30.7. The molecule has 0 atom stereocenters. The highest BCUT2D eigenvalue weighted by Gasteiger charge is 2.22. The molecule has 0 N–H and O–H groups in total. The number of fused-ring (bicyclic) bond motifs is 9. The standard InChI is InChI=1S/C50H29N5/c51-30-32-23-25-36(34-11-9-12-35(29-34)53-42-17-5-1-15-39(42)40-26-24-33(31-52)28-49(40)53)48(27-32)55-45-20-8-4-16-41(45)50-46(21-10-22-47(50)55)54-43-18-6-2-13-37(43)38-14-3-7-19-44(38)54/h1-29H. The number of para-hydroxylation sites is 4. The molecule has 0 aliphatic carbocycles. The molecular weight excluding hydrogens is 671 g/mol. The molecule has 3 heterocycles. The van der Waals surface area contributed by atoms with E-state index in [1.807, 2.05) is 30.3 Å². The lowest BCUT2D eigenvalue weighted by atomic mass is 10.0. The van der Waals surface area contributed by atoms with Gasteiger partial charge < -0.3 is 13.7 Å². The average molecular weight is 700 g/mol. The number of nitriles is 2. The van der Waals surface area contributed by atoms with Crippen molar-refractivity contribution in [2.75, 3.05) is 0 Å². The van der Waals surface area contributed by atoms with Crippen LogP contribution in [0.5, 0.6) is 0 Å². The van der Waals surface area contributed by atoms with E-state index in [0.29, 0.717) is 11.1 Å². The predicted molar refractivity (Wildman–Crippen MR) is 224 cm³/mol. The summed E-state index contributed by atoms with van der Waals surface area (Å²) in [5.74, 6) is 0. The first-order chi connectivity index (χ1) is 27.2. The maximum atomic E-state index is 10.2. The maximum absolute atomic E-state index is 10.2. The average Bonchev–Trinajstić information content (AvgIpc) is 3.89. The van der Waals surface area contributed by atoms with Crippen LogP contribution in [0, 0.1) is 22.7 Å². The smallest absolute Gasteiger partial charge is 0.0992 e. The Morgan fingerprint density at radius 2 is 0.855 bits per heavy atom. The van der Waals surface area contributed by atoms with E-state index in [2.05, 4.69) is 171 Å². The summed E-state index contributed by atoms with van der Waals surface area (Å²) in [5, 5.41) is 27.0. The summed E-state index contributed by atoms with van der Waals surface area (Å²) >= 11 is 0. The third kappa shape index (κ3) is 4.45. The lowest BCUT2D eigenvalue weighted by Gasteiger charge is -2.16. The molecule has 11 rings (SSSR count). The highest BCUT2D eigenvalue weighted by Crippen LogP contribution is 2.42. The minimum atomic E-state index is 0.589. The third-order valence-electron chi connectivity index (χ3n) is 11.1. The quantitative estimate of drug-likeness (QED) is 0.184. The molecule has 0 bridgehead atoms. The van der Waals surface area contributed by atoms with Crippen LogP contribution in [0.25, 0.3) is 93.6 Å². The minimum Gasteiger partial charge on any atom is -0.309 e. The van der Waals surface area contributed by atoms with Gasteiger partial charge in [-0.05, 0) is 78.4 Å². The summed E-state index contributed by atoms with van der Waals surface area (Å²) in [6.45, 7) is 0. The molecule has 5 nitrogen and oxygen atoms in total. The Kier molecular flexibility index (Phi) is 6.61. The largest absolute Gasteiger partial charge is 0.309 e. The summed E-state index contributed by atoms with van der Waals surface area (Å²) in [5.41, 5.74) is 12.7. The van der Waals surface area contributed by atoms with Gasteiger partial charge in [-0.2, -0.15) is 10.5 Å². The zero-order valence-electron chi connectivity index (χ0n) is 29.5. The summed E-state index contributed by atoms with van der Waals surface area (Å²) in [7, 11) is 0. The van der Waals surface area contributed by atoms with Crippen LogP contribution < -0.4 is 0 Å². The van der Waals surface area contributed by atoms with Gasteiger partial charge in [0.1, 0.15) is 0 Å². The van der Waals surface area contributed by atoms with Crippen LogP contribution in [0.3, 0.4) is 0 Å². The Labute approximate surface area is 316 Å². The molecule has 0 saturated heterocycles. The SMILES string of the molecule is N#Cc1ccc(-c2cccc(-n3c4ccccc4c4ccc(C#N)cc43)c2)c(-n2c3ccccc3c3c(-n4c5ccccc5c5ccccc54)cccc32)c1. The number of benzene rings is 8. The van der Waals surface area contributed by atoms with E-state index in [4.69, 9.17) is 0 Å². The van der Waals surface area contributed by atoms with Gasteiger partial charge in [0.15, 0.2) is 0 Å². The predicted octanol–water partition coefficient (Wildman–Crippen LogP) is 12.4. The van der Waals surface area contributed by atoms with Crippen LogP contribution >= 0.6 is 0 Å². The Hall–Kier alpha value is -7.86. The van der Waals surface area contributed by atoms with E-state index in [1.165, 1.54) is 10.8 Å². The molecule has 55 heavy (non-hydrogen) atoms. The summed E-state index contributed by atoms with van der Waals surface area (Å²) in [6, 6.07) is 66.0. The lowest BCUT2D eigenvalue weighted by molar-refractivity contribution is 1.16. The Morgan fingerprint density at radius 3 is 1.53 bits per heavy atom. The number of hydrogen-bond donors (Lipinski definition) is 0. The van der Waals surface area contributed by atoms with Gasteiger partial charge in [0.2, 0.25) is 0 Å². The number of hydrogen-bond acceptors (Lipinski definition) is 2. The first-order valence-electron chi connectivity index (χ1n) is 18.3. The molecule has 0 unspecified atom stereocenters. The summed E-state index contributed by atoms with van der Waals surface area (Å²) in [4.78, 5) is 0. The van der Waals surface area contributed by atoms with Crippen molar-refractivity contribution in [3.8, 4) is 40.3 Å². The molecule has 0 spiro atoms. The third-order valence-corrected chi connectivity index (χ3v) is 11.1. The van der Waals surface area contributed by atoms with E-state index in [9.17, 15) is 10.5 Å². The molecule has 11 aromatic rings. The highest BCUT2D eigenvalue weighted by molar-refractivity contribution is 6.17. The van der Waals surface area contributed by atoms with Gasteiger partial charge in [-0.1, -0.05) is 103 Å². The van der Waals surface area contributed by atoms with Crippen molar-refractivity contribution in [2.45, 2.75) is 0 Å². The zero-order chi connectivity index (χ0) is 36.6. The second-order valence-electron chi connectivity index (χ2n) is 14.0. The van der Waals surface area contributed by atoms with Gasteiger partial charge in [0, 0.05) is 43.6 Å². The van der Waals surface area contributed by atoms with Crippen LogP contribution in [0.1, 0.15) is 11.1 Å². The van der Waals surface area contributed by atoms with E-state index in [0.717, 1.165) is 82.8 Å². The molecular formula is C50H29N5. The van der Waals surface area contributed by atoms with Crippen LogP contribution in [-0.4, -0.2) is 13.7 Å². The maximum Gasteiger partial charge on any atom is 0.0992 e. The topological polar surface area (TPSA) is 62.4 Å². The van der Waals surface area contributed by atoms with Crippen LogP contribution in [0.15, 0.2) is 176 Å². The molecule has 0 amide bonds. The van der Waals surface area contributed by atoms with Crippen molar-refractivity contribution < 1.29 is 0 Å². The van der Waals surface area contributed by atoms with Crippen LogP contribution in [0.2, 0.25) is 0 Å². The molecule has 254 valence electrons. The molecule has 0 aliphatic heterocycles. The fraction of sp³-hybridized carbons (Fsp3) is 0. The van der Waals surface area contributed by atoms with Crippen molar-refractivity contribution in [3.63, 3.8) is 0 Å². The van der Waals surface area contributed by atoms with Gasteiger partial charge in [0.25, 0.3) is 0 Å². The fourth-order valence-electron chi connectivity index (χ4n) is 8.79. The van der Waals surface area contributed by atoms with E-state index >= 15 is 0 Å². The molecule has 0 fully saturated rings. The Balaban J connectivity index is 1.19. The molecule has 0 radical (unpaired) electrons. The van der Waals surface area contributed by atoms with Gasteiger partial charge in [0.05, 0.1) is 67.7 Å². The van der Waals surface area contributed by atoms with Gasteiger partial charge >= 0.3 is 0 Å². The molecule has 8 aromatic carbocycles. The summed E-state index contributed by atoms with van der Waals surface area (Å²) < 4.78 is 6.96. The van der Waals surface area contributed by atoms with Crippen molar-refractivity contribution in [1.82, 2.24) is 13.7 Å². The fourth-order valence-corrected chi connectivity index (χ4v) is 8.79. The zero-order valence-corrected chi connectivity index (χ0v) is 29.5. The van der Waals surface area contributed by atoms with Crippen molar-refractivity contribution in [1.29, 1.82) is 10.5 Å². The Bertz CT molecular complexity index is 3420. The van der Waals surface area contributed by atoms with Gasteiger partial charge in [-0.3, -0.25) is 0 Å². The normalized spacial score (nSPS) is 11.6. The van der Waals surface area contributed by atoms with Crippen molar-refractivity contribution in [3.05, 3.63) is 187 Å². The van der Waals surface area contributed by atoms with Crippen molar-refractivity contribution >= 4 is 65.4 Å². The second kappa shape index (κ2) is 11.8. The van der Waals surface area contributed by atoms with Gasteiger partial charge in [-0.25, -0.2) is 0 Å². The summed E-state index contributed by atoms with van der Waals surface area (Å²) in [6.07, 6.45) is 0. The van der Waals surface area contributed by atoms with Crippen LogP contribution in [-0.2, 0) is 0 Å². The first-order valence-corrected chi connectivity index (χ1v) is 18.3.